The van der Waals surface area contributed by atoms with E-state index in [0.29, 0.717) is 24.0 Å². The first-order chi connectivity index (χ1) is 11.0. The number of nitrogens with two attached hydrogens (primary N) is 1. The Hall–Kier alpha value is -2.27. The Bertz CT molecular complexity index is 761. The molecule has 2 N–H and O–H groups in total. The lowest BCUT2D eigenvalue weighted by molar-refractivity contribution is -0.142. The second-order valence-corrected chi connectivity index (χ2v) is 5.69. The summed E-state index contributed by atoms with van der Waals surface area (Å²) >= 11 is 0. The molecule has 0 aliphatic heterocycles. The zero-order valence-electron chi connectivity index (χ0n) is 12.7. The third-order valence-electron chi connectivity index (χ3n) is 4.40. The predicted molar refractivity (Wildman–Crippen MR) is 82.0 cm³/mol. The summed E-state index contributed by atoms with van der Waals surface area (Å²) in [6.45, 7) is 0. The van der Waals surface area contributed by atoms with Gasteiger partial charge in [0.25, 0.3) is 0 Å². The number of methoxy groups -OCH3 is 1. The maximum absolute atomic E-state index is 13.8. The second-order valence-electron chi connectivity index (χ2n) is 5.69. The van der Waals surface area contributed by atoms with Gasteiger partial charge in [0, 0.05) is 5.92 Å². The van der Waals surface area contributed by atoms with Gasteiger partial charge in [0.15, 0.2) is 11.6 Å². The van der Waals surface area contributed by atoms with Crippen LogP contribution in [0.5, 0.6) is 0 Å². The molecule has 1 aliphatic rings. The van der Waals surface area contributed by atoms with Crippen LogP contribution in [0.1, 0.15) is 28.2 Å². The van der Waals surface area contributed by atoms with Crippen LogP contribution in [-0.2, 0) is 22.4 Å². The monoisotopic (exact) mass is 317 g/mol. The van der Waals surface area contributed by atoms with Gasteiger partial charge in [-0.2, -0.15) is 0 Å². The Balaban J connectivity index is 2.22. The van der Waals surface area contributed by atoms with Gasteiger partial charge in [0.05, 0.1) is 7.11 Å². The first kappa shape index (κ1) is 15.6. The van der Waals surface area contributed by atoms with Crippen molar-refractivity contribution in [1.82, 2.24) is 0 Å². The maximum Gasteiger partial charge on any atom is 0.323 e. The van der Waals surface area contributed by atoms with Crippen molar-refractivity contribution in [2.45, 2.75) is 24.8 Å². The van der Waals surface area contributed by atoms with Gasteiger partial charge in [-0.1, -0.05) is 24.3 Å². The number of hydrogen-bond acceptors (Lipinski definition) is 3. The van der Waals surface area contributed by atoms with E-state index >= 15 is 0 Å². The summed E-state index contributed by atoms with van der Waals surface area (Å²) < 4.78 is 32.2. The number of aryl methyl sites for hydroxylation is 2. The van der Waals surface area contributed by atoms with Gasteiger partial charge in [-0.25, -0.2) is 8.78 Å². The molecule has 0 saturated heterocycles. The van der Waals surface area contributed by atoms with Crippen molar-refractivity contribution in [2.24, 2.45) is 5.73 Å². The number of fused-ring (bicyclic) bond motifs is 2. The minimum absolute atomic E-state index is 0.548. The molecule has 2 atom stereocenters. The number of hydrogen-bond donors (Lipinski definition) is 1. The molecule has 2 aromatic carbocycles. The Morgan fingerprint density at radius 2 is 1.78 bits per heavy atom. The van der Waals surface area contributed by atoms with E-state index in [0.717, 1.165) is 17.2 Å². The molecule has 0 radical (unpaired) electrons. The Morgan fingerprint density at radius 3 is 2.52 bits per heavy atom. The van der Waals surface area contributed by atoms with Crippen LogP contribution < -0.4 is 5.73 Å². The summed E-state index contributed by atoms with van der Waals surface area (Å²) in [4.78, 5) is 12.0. The molecule has 3 nitrogen and oxygen atoms in total. The highest BCUT2D eigenvalue weighted by atomic mass is 19.2. The molecule has 23 heavy (non-hydrogen) atoms. The van der Waals surface area contributed by atoms with E-state index < -0.39 is 29.6 Å². The zero-order valence-corrected chi connectivity index (χ0v) is 12.7. The van der Waals surface area contributed by atoms with Crippen LogP contribution in [0.2, 0.25) is 0 Å². The quantitative estimate of drug-likeness (QED) is 0.867. The Labute approximate surface area is 133 Å². The van der Waals surface area contributed by atoms with Crippen molar-refractivity contribution in [3.05, 3.63) is 70.3 Å². The van der Waals surface area contributed by atoms with E-state index in [4.69, 9.17) is 10.5 Å². The fourth-order valence-electron chi connectivity index (χ4n) is 3.27. The van der Waals surface area contributed by atoms with Crippen molar-refractivity contribution in [1.29, 1.82) is 0 Å². The van der Waals surface area contributed by atoms with Crippen LogP contribution >= 0.6 is 0 Å². The van der Waals surface area contributed by atoms with Gasteiger partial charge >= 0.3 is 5.97 Å². The highest BCUT2D eigenvalue weighted by Gasteiger charge is 2.33. The van der Waals surface area contributed by atoms with Crippen molar-refractivity contribution in [3.8, 4) is 0 Å². The highest BCUT2D eigenvalue weighted by molar-refractivity contribution is 5.78. The van der Waals surface area contributed by atoms with E-state index in [2.05, 4.69) is 0 Å². The minimum atomic E-state index is -0.983. The average molecular weight is 317 g/mol. The number of carbonyl (C=O) groups is 1. The molecule has 0 aromatic heterocycles. The van der Waals surface area contributed by atoms with E-state index in [-0.39, 0.29) is 0 Å². The first-order valence-electron chi connectivity index (χ1n) is 7.42. The molecule has 5 heteroatoms. The molecular formula is C18H17F2NO2. The molecule has 0 saturated carbocycles. The third kappa shape index (κ3) is 2.72. The van der Waals surface area contributed by atoms with Crippen LogP contribution in [-0.4, -0.2) is 19.1 Å². The third-order valence-corrected chi connectivity index (χ3v) is 4.40. The smallest absolute Gasteiger partial charge is 0.323 e. The molecule has 0 spiro atoms. The molecule has 3 rings (SSSR count). The van der Waals surface area contributed by atoms with Gasteiger partial charge < -0.3 is 10.5 Å². The Morgan fingerprint density at radius 1 is 1.13 bits per heavy atom. The molecular weight excluding hydrogens is 300 g/mol. The highest BCUT2D eigenvalue weighted by Crippen LogP contribution is 2.37. The van der Waals surface area contributed by atoms with Gasteiger partial charge in [-0.05, 0) is 47.2 Å². The van der Waals surface area contributed by atoms with E-state index in [1.165, 1.54) is 13.2 Å². The molecule has 0 heterocycles. The van der Waals surface area contributed by atoms with Gasteiger partial charge in [-0.15, -0.1) is 0 Å². The second kappa shape index (κ2) is 6.08. The molecule has 120 valence electrons. The Kier molecular flexibility index (Phi) is 4.13. The fourth-order valence-corrected chi connectivity index (χ4v) is 3.27. The molecule has 2 unspecified atom stereocenters. The van der Waals surface area contributed by atoms with Crippen LogP contribution in [0, 0.1) is 11.6 Å². The van der Waals surface area contributed by atoms with Crippen molar-refractivity contribution < 1.29 is 18.3 Å². The van der Waals surface area contributed by atoms with Crippen molar-refractivity contribution >= 4 is 5.97 Å². The van der Waals surface area contributed by atoms with E-state index in [1.807, 2.05) is 24.3 Å². The lowest BCUT2D eigenvalue weighted by atomic mass is 9.83. The molecule has 0 amide bonds. The largest absolute Gasteiger partial charge is 0.468 e. The number of esters is 1. The number of benzene rings is 2. The number of carbonyl (C=O) groups excluding carboxylic acids is 1. The molecule has 2 aromatic rings. The fraction of sp³-hybridized carbons (Fsp3) is 0.278. The average Bonchev–Trinajstić information content (AvgIpc) is 2.71. The van der Waals surface area contributed by atoms with E-state index in [9.17, 15) is 13.6 Å². The molecule has 1 aliphatic carbocycles. The molecule has 0 bridgehead atoms. The maximum atomic E-state index is 13.8. The summed E-state index contributed by atoms with van der Waals surface area (Å²) in [6.07, 6.45) is 1.24. The van der Waals surface area contributed by atoms with Gasteiger partial charge in [-0.3, -0.25) is 4.79 Å². The SMILES string of the molecule is COC(=O)C(N)C1c2ccccc2CCc2cc(F)c(F)cc21. The zero-order chi connectivity index (χ0) is 16.6. The lowest BCUT2D eigenvalue weighted by Crippen LogP contribution is -2.38. The van der Waals surface area contributed by atoms with Crippen LogP contribution in [0.15, 0.2) is 36.4 Å². The summed E-state index contributed by atoms with van der Waals surface area (Å²) in [5.74, 6) is -2.97. The summed E-state index contributed by atoms with van der Waals surface area (Å²) in [5.41, 5.74) is 9.20. The van der Waals surface area contributed by atoms with E-state index in [1.54, 1.807) is 0 Å². The van der Waals surface area contributed by atoms with Crippen molar-refractivity contribution in [3.63, 3.8) is 0 Å². The van der Waals surface area contributed by atoms with Crippen LogP contribution in [0.4, 0.5) is 8.78 Å². The van der Waals surface area contributed by atoms with Gasteiger partial charge in [0.1, 0.15) is 6.04 Å². The summed E-state index contributed by atoms with van der Waals surface area (Å²) in [6, 6.07) is 8.94. The topological polar surface area (TPSA) is 52.3 Å². The number of halogens is 2. The predicted octanol–water partition coefficient (Wildman–Crippen LogP) is 2.70. The normalized spacial score (nSPS) is 17.7. The first-order valence-corrected chi connectivity index (χ1v) is 7.42. The number of rotatable bonds is 2. The molecule has 0 fully saturated rings. The lowest BCUT2D eigenvalue weighted by Gasteiger charge is -2.25. The van der Waals surface area contributed by atoms with Gasteiger partial charge in [0.2, 0.25) is 0 Å². The van der Waals surface area contributed by atoms with Crippen LogP contribution in [0.3, 0.4) is 0 Å². The standard InChI is InChI=1S/C18H17F2NO2/c1-23-18(22)17(21)16-12-5-3-2-4-10(12)6-7-11-8-14(19)15(20)9-13(11)16/h2-5,8-9,16-17H,6-7,21H2,1H3. The summed E-state index contributed by atoms with van der Waals surface area (Å²) in [7, 11) is 1.26. The van der Waals surface area contributed by atoms with Crippen molar-refractivity contribution in [2.75, 3.05) is 7.11 Å². The number of ether oxygens (including phenoxy) is 1. The summed E-state index contributed by atoms with van der Waals surface area (Å²) in [5, 5.41) is 0. The minimum Gasteiger partial charge on any atom is -0.468 e. The van der Waals surface area contributed by atoms with Crippen LogP contribution in [0.25, 0.3) is 0 Å².